The number of aryl methyl sites for hydroxylation is 1. The molecule has 0 saturated carbocycles. The molecular formula is C20H17N3O3S2. The molecule has 1 aromatic carbocycles. The topological polar surface area (TPSA) is 74.1 Å². The summed E-state index contributed by atoms with van der Waals surface area (Å²) < 4.78 is 6.60. The smallest absolute Gasteiger partial charge is 0.348 e. The fourth-order valence-electron chi connectivity index (χ4n) is 2.93. The molecule has 0 saturated heterocycles. The molecule has 0 N–H and O–H groups in total. The van der Waals surface area contributed by atoms with Gasteiger partial charge in [0.25, 0.3) is 5.56 Å². The molecule has 28 heavy (non-hydrogen) atoms. The molecule has 3 aromatic heterocycles. The highest BCUT2D eigenvalue weighted by atomic mass is 32.1. The zero-order valence-electron chi connectivity index (χ0n) is 15.3. The van der Waals surface area contributed by atoms with Crippen molar-refractivity contribution in [3.05, 3.63) is 68.5 Å². The Labute approximate surface area is 169 Å². The van der Waals surface area contributed by atoms with Crippen molar-refractivity contribution in [2.45, 2.75) is 20.4 Å². The molecule has 0 aliphatic heterocycles. The molecule has 0 spiro atoms. The van der Waals surface area contributed by atoms with Crippen molar-refractivity contribution in [1.82, 2.24) is 14.5 Å². The number of esters is 1. The second kappa shape index (κ2) is 7.65. The highest BCUT2D eigenvalue weighted by Crippen LogP contribution is 2.28. The second-order valence-electron chi connectivity index (χ2n) is 6.14. The van der Waals surface area contributed by atoms with Gasteiger partial charge in [-0.25, -0.2) is 14.8 Å². The van der Waals surface area contributed by atoms with Crippen molar-refractivity contribution in [2.24, 2.45) is 0 Å². The van der Waals surface area contributed by atoms with Crippen molar-refractivity contribution in [3.63, 3.8) is 0 Å². The van der Waals surface area contributed by atoms with Crippen LogP contribution in [0.25, 0.3) is 20.8 Å². The Bertz CT molecular complexity index is 1210. The third-order valence-corrected chi connectivity index (χ3v) is 6.40. The van der Waals surface area contributed by atoms with Crippen LogP contribution in [0.3, 0.4) is 0 Å². The van der Waals surface area contributed by atoms with E-state index in [1.165, 1.54) is 22.2 Å². The van der Waals surface area contributed by atoms with Crippen LogP contribution in [0.4, 0.5) is 0 Å². The van der Waals surface area contributed by atoms with Crippen LogP contribution in [0.2, 0.25) is 0 Å². The molecular weight excluding hydrogens is 394 g/mol. The molecule has 4 aromatic rings. The first-order valence-electron chi connectivity index (χ1n) is 8.74. The SMILES string of the molecule is CCOC(=O)c1sc2ncn(Cc3csc(-c4ccccc4)n3)c(=O)c2c1C. The number of hydrogen-bond acceptors (Lipinski definition) is 7. The lowest BCUT2D eigenvalue weighted by molar-refractivity contribution is 0.0531. The number of rotatable bonds is 5. The number of ether oxygens (including phenoxy) is 1. The first kappa shape index (κ1) is 18.5. The summed E-state index contributed by atoms with van der Waals surface area (Å²) in [7, 11) is 0. The molecule has 0 aliphatic carbocycles. The third-order valence-electron chi connectivity index (χ3n) is 4.28. The molecule has 3 heterocycles. The third kappa shape index (κ3) is 3.36. The Hall–Kier alpha value is -2.84. The molecule has 4 rings (SSSR count). The first-order chi connectivity index (χ1) is 13.6. The highest BCUT2D eigenvalue weighted by molar-refractivity contribution is 7.20. The van der Waals surface area contributed by atoms with Crippen LogP contribution in [0.15, 0.2) is 46.8 Å². The van der Waals surface area contributed by atoms with Crippen LogP contribution in [0, 0.1) is 6.92 Å². The number of carbonyl (C=O) groups is 1. The van der Waals surface area contributed by atoms with E-state index in [0.29, 0.717) is 27.2 Å². The molecule has 0 atom stereocenters. The summed E-state index contributed by atoms with van der Waals surface area (Å²) in [6.45, 7) is 4.13. The molecule has 8 heteroatoms. The van der Waals surface area contributed by atoms with Crippen LogP contribution in [-0.4, -0.2) is 27.1 Å². The summed E-state index contributed by atoms with van der Waals surface area (Å²) >= 11 is 2.73. The fourth-order valence-corrected chi connectivity index (χ4v) is 4.78. The Kier molecular flexibility index (Phi) is 5.06. The summed E-state index contributed by atoms with van der Waals surface area (Å²) in [6.07, 6.45) is 1.51. The van der Waals surface area contributed by atoms with Gasteiger partial charge in [-0.3, -0.25) is 9.36 Å². The molecule has 0 unspecified atom stereocenters. The van der Waals surface area contributed by atoms with Gasteiger partial charge in [0.2, 0.25) is 0 Å². The quantitative estimate of drug-likeness (QED) is 0.462. The number of thiazole rings is 1. The van der Waals surface area contributed by atoms with Crippen molar-refractivity contribution in [2.75, 3.05) is 6.61 Å². The Morgan fingerprint density at radius 2 is 2.04 bits per heavy atom. The van der Waals surface area contributed by atoms with E-state index in [0.717, 1.165) is 16.3 Å². The maximum Gasteiger partial charge on any atom is 0.348 e. The molecule has 0 bridgehead atoms. The minimum absolute atomic E-state index is 0.177. The lowest BCUT2D eigenvalue weighted by Crippen LogP contribution is -2.21. The Morgan fingerprint density at radius 1 is 1.25 bits per heavy atom. The van der Waals surface area contributed by atoms with Crippen LogP contribution in [0.1, 0.15) is 27.9 Å². The van der Waals surface area contributed by atoms with Crippen molar-refractivity contribution < 1.29 is 9.53 Å². The average molecular weight is 412 g/mol. The van der Waals surface area contributed by atoms with Crippen LogP contribution >= 0.6 is 22.7 Å². The predicted molar refractivity (Wildman–Crippen MR) is 111 cm³/mol. The molecule has 6 nitrogen and oxygen atoms in total. The standard InChI is InChI=1S/C20H17N3O3S2/c1-3-26-20(25)16-12(2)15-18(28-16)21-11-23(19(15)24)9-14-10-27-17(22-14)13-7-5-4-6-8-13/h4-8,10-11H,3,9H2,1-2H3. The number of fused-ring (bicyclic) bond motifs is 1. The van der Waals surface area contributed by atoms with Gasteiger partial charge in [-0.1, -0.05) is 30.3 Å². The second-order valence-corrected chi connectivity index (χ2v) is 8.00. The predicted octanol–water partition coefficient (Wildman–Crippen LogP) is 4.11. The molecule has 0 radical (unpaired) electrons. The van der Waals surface area contributed by atoms with E-state index in [-0.39, 0.29) is 12.2 Å². The minimum atomic E-state index is -0.416. The first-order valence-corrected chi connectivity index (χ1v) is 10.4. The van der Waals surface area contributed by atoms with Gasteiger partial charge in [0.15, 0.2) is 0 Å². The molecule has 0 amide bonds. The largest absolute Gasteiger partial charge is 0.462 e. The lowest BCUT2D eigenvalue weighted by atomic mass is 10.2. The Morgan fingerprint density at radius 3 is 2.79 bits per heavy atom. The summed E-state index contributed by atoms with van der Waals surface area (Å²) in [4.78, 5) is 35.1. The van der Waals surface area contributed by atoms with E-state index < -0.39 is 5.97 Å². The maximum absolute atomic E-state index is 13.0. The summed E-state index contributed by atoms with van der Waals surface area (Å²) in [6, 6.07) is 9.92. The number of carbonyl (C=O) groups excluding carboxylic acids is 1. The summed E-state index contributed by atoms with van der Waals surface area (Å²) in [5.74, 6) is -0.416. The van der Waals surface area contributed by atoms with Gasteiger partial charge >= 0.3 is 5.97 Å². The Balaban J connectivity index is 1.68. The summed E-state index contributed by atoms with van der Waals surface area (Å²) in [5.41, 5.74) is 2.29. The van der Waals surface area contributed by atoms with Crippen molar-refractivity contribution in [3.8, 4) is 10.6 Å². The van der Waals surface area contributed by atoms with Gasteiger partial charge in [-0.15, -0.1) is 22.7 Å². The monoisotopic (exact) mass is 411 g/mol. The normalized spacial score (nSPS) is 11.1. The van der Waals surface area contributed by atoms with Gasteiger partial charge in [-0.2, -0.15) is 0 Å². The number of thiophene rings is 1. The van der Waals surface area contributed by atoms with Crippen LogP contribution in [-0.2, 0) is 11.3 Å². The zero-order chi connectivity index (χ0) is 19.7. The lowest BCUT2D eigenvalue weighted by Gasteiger charge is -2.03. The fraction of sp³-hybridized carbons (Fsp3) is 0.200. The van der Waals surface area contributed by atoms with E-state index >= 15 is 0 Å². The van der Waals surface area contributed by atoms with E-state index in [1.807, 2.05) is 35.7 Å². The van der Waals surface area contributed by atoms with Crippen LogP contribution < -0.4 is 5.56 Å². The molecule has 0 fully saturated rings. The number of nitrogens with zero attached hydrogens (tertiary/aromatic N) is 3. The van der Waals surface area contributed by atoms with Crippen LogP contribution in [0.5, 0.6) is 0 Å². The maximum atomic E-state index is 13.0. The number of benzene rings is 1. The number of hydrogen-bond donors (Lipinski definition) is 0. The van der Waals surface area contributed by atoms with Crippen molar-refractivity contribution in [1.29, 1.82) is 0 Å². The van der Waals surface area contributed by atoms with Gasteiger partial charge in [0.1, 0.15) is 14.7 Å². The molecule has 0 aliphatic rings. The zero-order valence-corrected chi connectivity index (χ0v) is 17.0. The minimum Gasteiger partial charge on any atom is -0.462 e. The van der Waals surface area contributed by atoms with Gasteiger partial charge in [-0.05, 0) is 19.4 Å². The molecule has 142 valence electrons. The van der Waals surface area contributed by atoms with E-state index in [4.69, 9.17) is 4.74 Å². The summed E-state index contributed by atoms with van der Waals surface area (Å²) in [5, 5.41) is 3.33. The van der Waals surface area contributed by atoms with Gasteiger partial charge in [0, 0.05) is 10.9 Å². The highest BCUT2D eigenvalue weighted by Gasteiger charge is 2.20. The van der Waals surface area contributed by atoms with Gasteiger partial charge < -0.3 is 4.74 Å². The van der Waals surface area contributed by atoms with E-state index in [9.17, 15) is 9.59 Å². The average Bonchev–Trinajstić information content (AvgIpc) is 3.30. The number of aromatic nitrogens is 3. The van der Waals surface area contributed by atoms with Crippen molar-refractivity contribution >= 4 is 38.9 Å². The van der Waals surface area contributed by atoms with E-state index in [2.05, 4.69) is 9.97 Å². The van der Waals surface area contributed by atoms with Gasteiger partial charge in [0.05, 0.1) is 30.6 Å². The van der Waals surface area contributed by atoms with E-state index in [1.54, 1.807) is 25.2 Å².